The van der Waals surface area contributed by atoms with Crippen molar-refractivity contribution in [1.82, 2.24) is 29.7 Å². The molecule has 298 valence electrons. The van der Waals surface area contributed by atoms with Crippen molar-refractivity contribution in [3.8, 4) is 0 Å². The summed E-state index contributed by atoms with van der Waals surface area (Å²) in [6, 6.07) is 13.5. The Kier molecular flexibility index (Phi) is 9.46. The Balaban J connectivity index is 0.791. The average Bonchev–Trinajstić information content (AvgIpc) is 3.83. The Morgan fingerprint density at radius 3 is 2.49 bits per heavy atom. The van der Waals surface area contributed by atoms with Gasteiger partial charge in [-0.15, -0.1) is 5.10 Å². The molecule has 0 bridgehead atoms. The van der Waals surface area contributed by atoms with Crippen molar-refractivity contribution in [2.75, 3.05) is 56.5 Å². The number of aromatic nitrogens is 3. The van der Waals surface area contributed by atoms with Gasteiger partial charge in [0.1, 0.15) is 11.4 Å². The summed E-state index contributed by atoms with van der Waals surface area (Å²) in [5.74, 6) is -0.861. The molecule has 5 aliphatic rings. The highest BCUT2D eigenvalue weighted by molar-refractivity contribution is 6.32. The predicted molar refractivity (Wildman–Crippen MR) is 214 cm³/mol. The number of hydrogen-bond donors (Lipinski definition) is 3. The summed E-state index contributed by atoms with van der Waals surface area (Å²) in [6.45, 7) is 4.03. The maximum Gasteiger partial charge on any atom is 0.269 e. The number of fused-ring (bicyclic) bond motifs is 2. The number of carbonyl (C=O) groups excluding carboxylic acids is 4. The predicted octanol–water partition coefficient (Wildman–Crippen LogP) is 5.34. The molecular formula is C42H47ClFN9O4. The van der Waals surface area contributed by atoms with Gasteiger partial charge in [0, 0.05) is 62.0 Å². The third-order valence-corrected chi connectivity index (χ3v) is 13.5. The molecule has 4 fully saturated rings. The third-order valence-electron chi connectivity index (χ3n) is 13.2. The van der Waals surface area contributed by atoms with Gasteiger partial charge in [0.05, 0.1) is 17.8 Å². The van der Waals surface area contributed by atoms with Crippen molar-refractivity contribution in [3.63, 3.8) is 0 Å². The first-order valence-corrected chi connectivity index (χ1v) is 20.4. The Bertz CT molecular complexity index is 2290. The van der Waals surface area contributed by atoms with Gasteiger partial charge < -0.3 is 25.8 Å². The van der Waals surface area contributed by atoms with Crippen LogP contribution >= 0.6 is 11.6 Å². The van der Waals surface area contributed by atoms with Crippen LogP contribution in [0.4, 0.5) is 21.6 Å². The topological polar surface area (TPSA) is 158 Å². The van der Waals surface area contributed by atoms with Gasteiger partial charge in [-0.25, -0.2) is 13.9 Å². The number of primary amides is 1. The quantitative estimate of drug-likeness (QED) is 0.200. The zero-order valence-corrected chi connectivity index (χ0v) is 32.8. The molecule has 13 nitrogen and oxygen atoms in total. The number of hydrogen-bond acceptors (Lipinski definition) is 9. The first-order chi connectivity index (χ1) is 27.4. The van der Waals surface area contributed by atoms with E-state index in [1.54, 1.807) is 18.2 Å². The summed E-state index contributed by atoms with van der Waals surface area (Å²) in [5.41, 5.74) is 10.7. The van der Waals surface area contributed by atoms with Gasteiger partial charge in [0.25, 0.3) is 11.8 Å². The molecule has 9 rings (SSSR count). The molecule has 1 saturated carbocycles. The number of imidazole rings is 1. The fraction of sp³-hybridized carbons (Fsp3) is 0.476. The van der Waals surface area contributed by atoms with Gasteiger partial charge in [-0.2, -0.15) is 0 Å². The molecule has 15 heteroatoms. The van der Waals surface area contributed by atoms with Gasteiger partial charge in [-0.3, -0.25) is 24.5 Å². The van der Waals surface area contributed by atoms with Crippen molar-refractivity contribution < 1.29 is 23.6 Å². The van der Waals surface area contributed by atoms with Crippen molar-refractivity contribution in [2.24, 2.45) is 11.1 Å². The Labute approximate surface area is 335 Å². The molecule has 2 aromatic carbocycles. The fourth-order valence-electron chi connectivity index (χ4n) is 10.4. The average molecular weight is 796 g/mol. The van der Waals surface area contributed by atoms with Gasteiger partial charge >= 0.3 is 0 Å². The van der Waals surface area contributed by atoms with Gasteiger partial charge in [0.15, 0.2) is 11.5 Å². The fourth-order valence-corrected chi connectivity index (χ4v) is 10.6. The highest BCUT2D eigenvalue weighted by Gasteiger charge is 2.56. The minimum atomic E-state index is -1.22. The highest BCUT2D eigenvalue weighted by atomic mass is 35.5. The Morgan fingerprint density at radius 2 is 1.77 bits per heavy atom. The van der Waals surface area contributed by atoms with E-state index in [1.807, 2.05) is 18.0 Å². The lowest BCUT2D eigenvalue weighted by atomic mass is 9.55. The Hall–Kier alpha value is -5.08. The highest BCUT2D eigenvalue weighted by Crippen LogP contribution is 2.57. The number of piperidine rings is 3. The van der Waals surface area contributed by atoms with E-state index < -0.39 is 17.5 Å². The molecule has 4 aliphatic heterocycles. The van der Waals surface area contributed by atoms with Gasteiger partial charge in [0.2, 0.25) is 11.8 Å². The number of nitrogens with one attached hydrogen (secondary N) is 2. The second-order valence-corrected chi connectivity index (χ2v) is 17.2. The molecule has 1 spiro atoms. The minimum Gasteiger partial charge on any atom is -0.385 e. The summed E-state index contributed by atoms with van der Waals surface area (Å²) in [5, 5.41) is 10.7. The molecule has 1 unspecified atom stereocenters. The maximum absolute atomic E-state index is 16.3. The van der Waals surface area contributed by atoms with Crippen molar-refractivity contribution in [2.45, 2.75) is 75.3 Å². The molecule has 0 radical (unpaired) electrons. The van der Waals surface area contributed by atoms with Crippen LogP contribution in [0.2, 0.25) is 5.02 Å². The van der Waals surface area contributed by atoms with E-state index in [0.29, 0.717) is 72.4 Å². The van der Waals surface area contributed by atoms with E-state index in [1.165, 1.54) is 21.8 Å². The van der Waals surface area contributed by atoms with Crippen LogP contribution < -0.4 is 21.3 Å². The molecule has 1 aliphatic carbocycles. The number of nitrogens with two attached hydrogens (primary N) is 1. The largest absolute Gasteiger partial charge is 0.385 e. The number of amides is 4. The van der Waals surface area contributed by atoms with E-state index in [9.17, 15) is 19.2 Å². The first kappa shape index (κ1) is 37.5. The number of alkyl halides is 1. The zero-order chi connectivity index (χ0) is 39.6. The van der Waals surface area contributed by atoms with Gasteiger partial charge in [-0.1, -0.05) is 23.7 Å². The number of anilines is 3. The summed E-state index contributed by atoms with van der Waals surface area (Å²) in [6.07, 6.45) is 7.45. The number of benzene rings is 2. The summed E-state index contributed by atoms with van der Waals surface area (Å²) in [4.78, 5) is 60.5. The summed E-state index contributed by atoms with van der Waals surface area (Å²) < 4.78 is 17.8. The number of imide groups is 1. The second-order valence-electron chi connectivity index (χ2n) is 16.7. The molecule has 2 aromatic heterocycles. The molecule has 4 N–H and O–H groups in total. The lowest BCUT2D eigenvalue weighted by Crippen LogP contribution is -2.59. The number of likely N-dealkylation sites (tertiary alicyclic amines) is 2. The maximum atomic E-state index is 16.3. The van der Waals surface area contributed by atoms with E-state index in [-0.39, 0.29) is 35.3 Å². The molecule has 6 heterocycles. The zero-order valence-electron chi connectivity index (χ0n) is 32.0. The molecule has 4 amide bonds. The second kappa shape index (κ2) is 14.4. The summed E-state index contributed by atoms with van der Waals surface area (Å²) >= 11 is 6.44. The minimum absolute atomic E-state index is 0.0786. The van der Waals surface area contributed by atoms with Crippen molar-refractivity contribution >= 4 is 58.1 Å². The van der Waals surface area contributed by atoms with Crippen LogP contribution in [0.25, 0.3) is 5.65 Å². The van der Waals surface area contributed by atoms with E-state index in [4.69, 9.17) is 22.4 Å². The Morgan fingerprint density at radius 1 is 1.00 bits per heavy atom. The molecule has 57 heavy (non-hydrogen) atoms. The van der Waals surface area contributed by atoms with Gasteiger partial charge in [-0.05, 0) is 117 Å². The molecule has 1 atom stereocenters. The van der Waals surface area contributed by atoms with E-state index >= 15 is 4.39 Å². The van der Waals surface area contributed by atoms with Crippen LogP contribution in [-0.4, -0.2) is 100 Å². The molecule has 4 aromatic rings. The lowest BCUT2D eigenvalue weighted by molar-refractivity contribution is -0.134. The van der Waals surface area contributed by atoms with Crippen LogP contribution in [-0.2, 0) is 16.0 Å². The summed E-state index contributed by atoms with van der Waals surface area (Å²) in [7, 11) is 1.81. The van der Waals surface area contributed by atoms with Crippen molar-refractivity contribution in [3.05, 3.63) is 81.6 Å². The first-order valence-electron chi connectivity index (χ1n) is 20.0. The lowest BCUT2D eigenvalue weighted by Gasteiger charge is -2.56. The molecule has 3 saturated heterocycles. The number of halogens is 2. The van der Waals surface area contributed by atoms with E-state index in [2.05, 4.69) is 43.6 Å². The van der Waals surface area contributed by atoms with E-state index in [0.717, 1.165) is 63.1 Å². The monoisotopic (exact) mass is 795 g/mol. The van der Waals surface area contributed by atoms with Crippen molar-refractivity contribution in [1.29, 1.82) is 0 Å². The van der Waals surface area contributed by atoms with Crippen LogP contribution in [0.3, 0.4) is 0 Å². The normalized spacial score (nSPS) is 22.1. The SMILES string of the molecule is CNc1cc(N2CCc3c(C4CCN(CC5(F)CC6(CCN(C(=O)c7ccc(Cl)c(C8CCC(=O)NC8=O)c7)CC6)C5)CC4)cccc32)nn2c(C(N)=O)cnc12. The number of carbonyl (C=O) groups is 4. The number of nitrogens with zero attached hydrogens (tertiary/aromatic N) is 6. The third kappa shape index (κ3) is 6.79. The molecular weight excluding hydrogens is 749 g/mol. The van der Waals surface area contributed by atoms with Crippen LogP contribution in [0.15, 0.2) is 48.7 Å². The van der Waals surface area contributed by atoms with Crippen LogP contribution in [0.1, 0.15) is 101 Å². The van der Waals surface area contributed by atoms with Crippen LogP contribution in [0.5, 0.6) is 0 Å². The standard InChI is InChI=1S/C42H47ClFN9O4/c1-46-32-20-35(49-53-34(37(45)55)21-47-38(32)53)52-16-11-28-27(3-2-4-33(28)52)25-9-14-50(15-10-25)24-42(44)22-41(23-42)12-17-51(18-13-41)40(57)26-5-7-31(43)30(19-26)29-6-8-36(54)48-39(29)56/h2-5,7,19-21,25,29,46H,6,8-18,22-24H2,1H3,(H2,45,55)(H,48,54,56). The van der Waals surface area contributed by atoms with Crippen LogP contribution in [0, 0.1) is 5.41 Å². The smallest absolute Gasteiger partial charge is 0.269 e. The number of rotatable bonds is 8.